The number of benzene rings is 2. The van der Waals surface area contributed by atoms with Crippen LogP contribution in [0, 0.1) is 0 Å². The first kappa shape index (κ1) is 29.8. The molecule has 0 aliphatic heterocycles. The van der Waals surface area contributed by atoms with Gasteiger partial charge in [0.1, 0.15) is 0 Å². The standard InChI is InChI=1S/C29H32AsNO8/c1-29(2,3)39-25(32)15-14-21(28(35)36-4)30-27(34)23-16-24(20-12-8-9-13-22(20)31-23)37-18-26(33)38-17-19-10-6-5-7-11-19/h5-13,16,21,30H,14-15,17-18H2,1-4H3/t21-/m0/s1. The maximum atomic E-state index is 13.3. The summed E-state index contributed by atoms with van der Waals surface area (Å²) in [5.74, 6) is -1.26. The monoisotopic (exact) mass is 597 g/mol. The molecule has 0 fully saturated rings. The van der Waals surface area contributed by atoms with E-state index in [9.17, 15) is 19.2 Å². The zero-order valence-electron chi connectivity index (χ0n) is 22.4. The second-order valence-electron chi connectivity index (χ2n) is 9.63. The Morgan fingerprint density at radius 1 is 0.949 bits per heavy atom. The Bertz CT molecular complexity index is 1320. The molecule has 1 aromatic heterocycles. The summed E-state index contributed by atoms with van der Waals surface area (Å²) >= 11 is -1.62. The van der Waals surface area contributed by atoms with Crippen LogP contribution in [0.2, 0.25) is 4.71 Å². The molecule has 0 radical (unpaired) electrons. The number of aromatic nitrogens is 1. The number of hydrogen-bond donors (Lipinski definition) is 0. The molecular formula is C29H32AsNO8. The van der Waals surface area contributed by atoms with Crippen molar-refractivity contribution >= 4 is 49.1 Å². The Morgan fingerprint density at radius 3 is 2.33 bits per heavy atom. The van der Waals surface area contributed by atoms with Crippen LogP contribution in [0.25, 0.3) is 10.9 Å². The molecule has 10 heteroatoms. The van der Waals surface area contributed by atoms with E-state index >= 15 is 0 Å². The van der Waals surface area contributed by atoms with Crippen LogP contribution in [-0.2, 0) is 35.2 Å². The molecule has 39 heavy (non-hydrogen) atoms. The van der Waals surface area contributed by atoms with E-state index in [0.717, 1.165) is 5.56 Å². The molecule has 0 aliphatic rings. The van der Waals surface area contributed by atoms with Crippen LogP contribution in [-0.4, -0.2) is 62.5 Å². The second-order valence-corrected chi connectivity index (χ2v) is 12.7. The number of methoxy groups -OCH3 is 1. The molecule has 0 aliphatic carbocycles. The Labute approximate surface area is 233 Å². The van der Waals surface area contributed by atoms with Crippen LogP contribution in [0.1, 0.15) is 49.7 Å². The summed E-state index contributed by atoms with van der Waals surface area (Å²) in [5, 5.41) is 0.624. The first-order chi connectivity index (χ1) is 18.6. The van der Waals surface area contributed by atoms with Crippen LogP contribution in [0.15, 0.2) is 60.7 Å². The van der Waals surface area contributed by atoms with Crippen molar-refractivity contribution in [1.82, 2.24) is 4.98 Å². The van der Waals surface area contributed by atoms with Crippen molar-refractivity contribution in [3.05, 3.63) is 71.9 Å². The van der Waals surface area contributed by atoms with Gasteiger partial charge >= 0.3 is 228 Å². The van der Waals surface area contributed by atoms with E-state index in [1.54, 1.807) is 45.0 Å². The molecule has 1 heterocycles. The topological polar surface area (TPSA) is 118 Å². The van der Waals surface area contributed by atoms with Gasteiger partial charge in [0.25, 0.3) is 0 Å². The Balaban J connectivity index is 1.71. The summed E-state index contributed by atoms with van der Waals surface area (Å²) in [6, 6.07) is 17.8. The molecule has 0 bridgehead atoms. The van der Waals surface area contributed by atoms with Crippen molar-refractivity contribution in [2.75, 3.05) is 13.7 Å². The maximum absolute atomic E-state index is 13.3. The number of rotatable bonds is 12. The van der Waals surface area contributed by atoms with Crippen LogP contribution in [0.5, 0.6) is 5.75 Å². The van der Waals surface area contributed by atoms with Crippen molar-refractivity contribution in [2.24, 2.45) is 0 Å². The summed E-state index contributed by atoms with van der Waals surface area (Å²) < 4.78 is 20.2. The number of carbonyl (C=O) groups excluding carboxylic acids is 4. The number of para-hydroxylation sites is 1. The minimum absolute atomic E-state index is 0.0155. The van der Waals surface area contributed by atoms with Crippen molar-refractivity contribution in [2.45, 2.75) is 50.5 Å². The number of ether oxygens (including phenoxy) is 4. The quantitative estimate of drug-likeness (QED) is 0.173. The van der Waals surface area contributed by atoms with Gasteiger partial charge in [0.15, 0.2) is 0 Å². The number of carbonyl (C=O) groups is 4. The van der Waals surface area contributed by atoms with Gasteiger partial charge in [-0.2, -0.15) is 0 Å². The molecular weight excluding hydrogens is 565 g/mol. The molecule has 3 rings (SSSR count). The van der Waals surface area contributed by atoms with Gasteiger partial charge in [-0.05, 0) is 0 Å². The normalized spacial score (nSPS) is 12.2. The summed E-state index contributed by atoms with van der Waals surface area (Å²) in [6.07, 6.45) is 0.121. The van der Waals surface area contributed by atoms with Crippen molar-refractivity contribution in [3.8, 4) is 5.75 Å². The van der Waals surface area contributed by atoms with Gasteiger partial charge in [0.05, 0.1) is 0 Å². The third-order valence-corrected chi connectivity index (χ3v) is 8.27. The van der Waals surface area contributed by atoms with Crippen LogP contribution in [0.4, 0.5) is 0 Å². The number of nitrogens with zero attached hydrogens (tertiary/aromatic N) is 1. The van der Waals surface area contributed by atoms with Gasteiger partial charge in [-0.15, -0.1) is 0 Å². The molecule has 2 atom stereocenters. The summed E-state index contributed by atoms with van der Waals surface area (Å²) in [7, 11) is 1.25. The van der Waals surface area contributed by atoms with Gasteiger partial charge in [0, 0.05) is 0 Å². The molecule has 1 unspecified atom stereocenters. The van der Waals surface area contributed by atoms with Crippen LogP contribution < -0.4 is 4.74 Å². The first-order valence-corrected chi connectivity index (χ1v) is 14.6. The van der Waals surface area contributed by atoms with Crippen molar-refractivity contribution < 1.29 is 38.1 Å². The Morgan fingerprint density at radius 2 is 1.64 bits per heavy atom. The third-order valence-electron chi connectivity index (χ3n) is 5.35. The minimum atomic E-state index is -1.62. The van der Waals surface area contributed by atoms with E-state index < -0.39 is 44.0 Å². The number of fused-ring (bicyclic) bond motifs is 1. The van der Waals surface area contributed by atoms with E-state index in [1.165, 1.54) is 13.2 Å². The molecule has 9 nitrogen and oxygen atoms in total. The zero-order chi connectivity index (χ0) is 28.4. The van der Waals surface area contributed by atoms with Crippen LogP contribution in [0.3, 0.4) is 0 Å². The van der Waals surface area contributed by atoms with Gasteiger partial charge in [-0.25, -0.2) is 0 Å². The zero-order valence-corrected chi connectivity index (χ0v) is 24.5. The van der Waals surface area contributed by atoms with Gasteiger partial charge in [-0.1, -0.05) is 6.07 Å². The summed E-state index contributed by atoms with van der Waals surface area (Å²) in [4.78, 5) is 54.6. The van der Waals surface area contributed by atoms with Gasteiger partial charge < -0.3 is 0 Å². The van der Waals surface area contributed by atoms with E-state index in [4.69, 9.17) is 18.9 Å². The summed E-state index contributed by atoms with van der Waals surface area (Å²) in [6.45, 7) is 5.04. The first-order valence-electron chi connectivity index (χ1n) is 12.4. The van der Waals surface area contributed by atoms with Crippen molar-refractivity contribution in [1.29, 1.82) is 0 Å². The van der Waals surface area contributed by atoms with Crippen molar-refractivity contribution in [3.63, 3.8) is 0 Å². The number of esters is 3. The molecule has 0 N–H and O–H groups in total. The molecule has 0 amide bonds. The molecule has 206 valence electrons. The predicted molar refractivity (Wildman–Crippen MR) is 146 cm³/mol. The molecule has 3 aromatic rings. The summed E-state index contributed by atoms with van der Waals surface area (Å²) in [5.41, 5.74) is 0.825. The fraction of sp³-hybridized carbons (Fsp3) is 0.345. The molecule has 0 saturated carbocycles. The fourth-order valence-electron chi connectivity index (χ4n) is 3.57. The predicted octanol–water partition coefficient (Wildman–Crippen LogP) is 4.02. The van der Waals surface area contributed by atoms with Gasteiger partial charge in [-0.3, -0.25) is 0 Å². The number of pyridine rings is 1. The average molecular weight is 597 g/mol. The Kier molecular flexibility index (Phi) is 10.6. The fourth-order valence-corrected chi connectivity index (χ4v) is 5.92. The molecule has 0 saturated heterocycles. The third kappa shape index (κ3) is 9.52. The second kappa shape index (κ2) is 13.9. The molecule has 2 aromatic carbocycles. The van der Waals surface area contributed by atoms with E-state index in [0.29, 0.717) is 16.7 Å². The van der Waals surface area contributed by atoms with E-state index in [-0.39, 0.29) is 36.3 Å². The Hall–Kier alpha value is -3.71. The van der Waals surface area contributed by atoms with E-state index in [1.807, 2.05) is 30.3 Å². The average Bonchev–Trinajstić information content (AvgIpc) is 2.91. The van der Waals surface area contributed by atoms with E-state index in [2.05, 4.69) is 4.98 Å². The SMILES string of the molecule is COC(=O)[C@H](CCC(=O)OC(C)(C)C)[AsH]C(=O)c1cc(OCC(=O)OCc2ccccc2)c2ccccc2n1. The number of hydrogen-bond acceptors (Lipinski definition) is 9. The van der Waals surface area contributed by atoms with Crippen LogP contribution >= 0.6 is 0 Å². The molecule has 0 spiro atoms. The van der Waals surface area contributed by atoms with Gasteiger partial charge in [0.2, 0.25) is 0 Å².